The van der Waals surface area contributed by atoms with E-state index in [2.05, 4.69) is 60.2 Å². The maximum atomic E-state index is 17.7. The molecule has 2 fully saturated rings. The summed E-state index contributed by atoms with van der Waals surface area (Å²) >= 11 is 0.753. The fourth-order valence-electron chi connectivity index (χ4n) is 10.3. The van der Waals surface area contributed by atoms with Crippen molar-refractivity contribution in [3.05, 3.63) is 90.0 Å². The number of fused-ring (bicyclic) bond motifs is 2. The number of nitrogens with two attached hydrogens (primary N) is 1. The van der Waals surface area contributed by atoms with Crippen molar-refractivity contribution < 1.29 is 41.4 Å². The summed E-state index contributed by atoms with van der Waals surface area (Å²) < 4.78 is 73.9. The van der Waals surface area contributed by atoms with Crippen LogP contribution in [0.4, 0.5) is 28.8 Å². The monoisotopic (exact) mass is 967 g/mol. The van der Waals surface area contributed by atoms with Gasteiger partial charge in [0.2, 0.25) is 5.88 Å². The second-order valence-corrected chi connectivity index (χ2v) is 25.3. The lowest BCUT2D eigenvalue weighted by molar-refractivity contribution is 0.0636. The smallest absolute Gasteiger partial charge is 0.412 e. The molecule has 68 heavy (non-hydrogen) atoms. The van der Waals surface area contributed by atoms with Crippen molar-refractivity contribution in [2.45, 2.75) is 95.6 Å². The molecule has 3 aliphatic heterocycles. The average Bonchev–Trinajstić information content (AvgIpc) is 3.93. The summed E-state index contributed by atoms with van der Waals surface area (Å²) in [7, 11) is -1.08. The van der Waals surface area contributed by atoms with Crippen LogP contribution in [0.3, 0.4) is 0 Å². The Bertz CT molecular complexity index is 2860. The van der Waals surface area contributed by atoms with Crippen LogP contribution in [0.25, 0.3) is 32.2 Å². The number of hydrogen-bond donors (Lipinski definition) is 2. The summed E-state index contributed by atoms with van der Waals surface area (Å²) in [5.74, 6) is -2.38. The Morgan fingerprint density at radius 2 is 1.66 bits per heavy atom. The zero-order valence-electron chi connectivity index (χ0n) is 39.3. The van der Waals surface area contributed by atoms with Gasteiger partial charge in [-0.1, -0.05) is 81.4 Å². The highest BCUT2D eigenvalue weighted by Crippen LogP contribution is 2.47. The van der Waals surface area contributed by atoms with Gasteiger partial charge in [0.15, 0.2) is 5.82 Å². The Morgan fingerprint density at radius 3 is 2.31 bits per heavy atom. The van der Waals surface area contributed by atoms with E-state index in [0.717, 1.165) is 47.2 Å². The number of rotatable bonds is 12. The molecule has 3 aliphatic rings. The van der Waals surface area contributed by atoms with Crippen LogP contribution in [0.1, 0.15) is 77.6 Å². The van der Waals surface area contributed by atoms with Gasteiger partial charge in [-0.25, -0.2) is 22.9 Å². The van der Waals surface area contributed by atoms with E-state index < -0.39 is 49.3 Å². The molecule has 0 saturated carbocycles. The molecule has 3 aromatic carbocycles. The standard InChI is InChI=1S/C50H56F3N7O6SSi/c1-48(2,3)66-47(62)58-45-36(42(54)61)35-33(19-20-34(52)41(35)67-45)39-38(53)40-37-43(57-46(56-40)64-28-50-22-14-23-60(50)26-29(51)25-50)59(7)30(27-63-44(37)55-39)21-24-65-68(49(4,5)6,31-15-10-8-11-16-31)32-17-12-9-13-18-32/h8-13,15-20,29-30H,14,21-28H2,1-7H3,(H2,54,61)(H,58,62)/t29-,30+,50+/m1/s1. The number of carbonyl (C=O) groups excluding carboxylic acids is 2. The Morgan fingerprint density at radius 1 is 0.971 bits per heavy atom. The van der Waals surface area contributed by atoms with E-state index in [-0.39, 0.29) is 79.0 Å². The maximum absolute atomic E-state index is 17.7. The molecule has 2 saturated heterocycles. The number of aromatic nitrogens is 3. The predicted octanol–water partition coefficient (Wildman–Crippen LogP) is 8.75. The second-order valence-electron chi connectivity index (χ2n) is 20.0. The van der Waals surface area contributed by atoms with Crippen LogP contribution in [0.2, 0.25) is 5.04 Å². The number of anilines is 2. The number of carbonyl (C=O) groups is 2. The lowest BCUT2D eigenvalue weighted by Crippen LogP contribution is -2.66. The third-order valence-electron chi connectivity index (χ3n) is 13.3. The van der Waals surface area contributed by atoms with Crippen LogP contribution in [0.5, 0.6) is 11.9 Å². The molecule has 6 heterocycles. The van der Waals surface area contributed by atoms with Crippen LogP contribution in [0.15, 0.2) is 72.8 Å². The largest absolute Gasteiger partial charge is 0.475 e. The SMILES string of the molecule is CN1c2nc(OC[C@@]34CCCN3C[C@H](F)C4)nc3c(F)c(-c4ccc(F)c5sc(NC(=O)OC(C)(C)C)c(C(N)=O)c45)nc(c23)OC[C@@H]1CCO[Si](c1ccccc1)(c1ccccc1)C(C)(C)C. The van der Waals surface area contributed by atoms with Gasteiger partial charge in [-0.2, -0.15) is 9.97 Å². The lowest BCUT2D eigenvalue weighted by Gasteiger charge is -2.43. The molecule has 3 atom stereocenters. The number of halogens is 3. The highest BCUT2D eigenvalue weighted by atomic mass is 32.1. The number of nitrogens with one attached hydrogen (secondary N) is 1. The fraction of sp³-hybridized carbons (Fsp3) is 0.420. The minimum absolute atomic E-state index is 0.00106. The van der Waals surface area contributed by atoms with Crippen LogP contribution in [0, 0.1) is 11.6 Å². The van der Waals surface area contributed by atoms with Crippen molar-refractivity contribution in [2.24, 2.45) is 5.73 Å². The van der Waals surface area contributed by atoms with E-state index in [1.165, 1.54) is 6.07 Å². The van der Waals surface area contributed by atoms with E-state index in [0.29, 0.717) is 31.8 Å². The predicted molar refractivity (Wildman–Crippen MR) is 261 cm³/mol. The topological polar surface area (TPSA) is 154 Å². The number of hydrogen-bond acceptors (Lipinski definition) is 12. The van der Waals surface area contributed by atoms with Crippen molar-refractivity contribution in [3.8, 4) is 23.1 Å². The molecule has 0 bridgehead atoms. The number of likely N-dealkylation sites (N-methyl/N-ethyl adjacent to an activating group) is 1. The Balaban J connectivity index is 1.14. The molecular weight excluding hydrogens is 912 g/mol. The van der Waals surface area contributed by atoms with Crippen LogP contribution < -0.4 is 35.8 Å². The molecule has 0 radical (unpaired) electrons. The lowest BCUT2D eigenvalue weighted by atomic mass is 9.95. The summed E-state index contributed by atoms with van der Waals surface area (Å²) in [6, 6.07) is 22.6. The highest BCUT2D eigenvalue weighted by Gasteiger charge is 2.51. The first kappa shape index (κ1) is 47.3. The number of benzene rings is 3. The van der Waals surface area contributed by atoms with Crippen molar-refractivity contribution >= 4 is 73.8 Å². The molecule has 3 N–H and O–H groups in total. The first-order valence-electron chi connectivity index (χ1n) is 22.9. The summed E-state index contributed by atoms with van der Waals surface area (Å²) in [6.07, 6.45) is 0.488. The first-order chi connectivity index (χ1) is 32.3. The number of primary amides is 1. The summed E-state index contributed by atoms with van der Waals surface area (Å²) in [5, 5.41) is 4.56. The van der Waals surface area contributed by atoms with Crippen molar-refractivity contribution in [1.82, 2.24) is 19.9 Å². The molecule has 2 amide bonds. The van der Waals surface area contributed by atoms with Crippen molar-refractivity contribution in [1.29, 1.82) is 0 Å². The Hall–Kier alpha value is -5.82. The van der Waals surface area contributed by atoms with Gasteiger partial charge in [-0.05, 0) is 74.1 Å². The minimum Gasteiger partial charge on any atom is -0.475 e. The van der Waals surface area contributed by atoms with Gasteiger partial charge in [0.25, 0.3) is 14.2 Å². The van der Waals surface area contributed by atoms with Crippen LogP contribution in [-0.2, 0) is 9.16 Å². The number of alkyl halides is 1. The van der Waals surface area contributed by atoms with E-state index >= 15 is 8.78 Å². The number of amides is 2. The van der Waals surface area contributed by atoms with Gasteiger partial charge < -0.3 is 29.3 Å². The van der Waals surface area contributed by atoms with Crippen LogP contribution in [-0.4, -0.2) is 103 Å². The van der Waals surface area contributed by atoms with Crippen molar-refractivity contribution in [2.75, 3.05) is 50.2 Å². The number of thiophene rings is 1. The molecule has 0 aliphatic carbocycles. The Kier molecular flexibility index (Phi) is 12.5. The highest BCUT2D eigenvalue weighted by molar-refractivity contribution is 7.23. The van der Waals surface area contributed by atoms with Crippen LogP contribution >= 0.6 is 11.3 Å². The summed E-state index contributed by atoms with van der Waals surface area (Å²) in [5.41, 5.74) is 3.72. The van der Waals surface area contributed by atoms with Gasteiger partial charge in [0.1, 0.15) is 58.2 Å². The van der Waals surface area contributed by atoms with E-state index in [1.807, 2.05) is 48.3 Å². The fourth-order valence-corrected chi connectivity index (χ4v) is 16.0. The number of ether oxygens (including phenoxy) is 3. The molecule has 13 nitrogen and oxygen atoms in total. The summed E-state index contributed by atoms with van der Waals surface area (Å²) in [4.78, 5) is 44.5. The van der Waals surface area contributed by atoms with E-state index in [4.69, 9.17) is 34.3 Å². The van der Waals surface area contributed by atoms with Gasteiger partial charge in [0, 0.05) is 37.6 Å². The second kappa shape index (κ2) is 17.9. The molecule has 18 heteroatoms. The zero-order valence-corrected chi connectivity index (χ0v) is 41.1. The van der Waals surface area contributed by atoms with Gasteiger partial charge in [0.05, 0.1) is 21.8 Å². The molecule has 9 rings (SSSR count). The van der Waals surface area contributed by atoms with E-state index in [9.17, 15) is 14.0 Å². The molecule has 0 spiro atoms. The molecule has 3 aromatic heterocycles. The first-order valence-corrected chi connectivity index (χ1v) is 25.6. The number of nitrogens with zero attached hydrogens (tertiary/aromatic N) is 5. The minimum atomic E-state index is -2.93. The van der Waals surface area contributed by atoms with Gasteiger partial charge >= 0.3 is 12.1 Å². The van der Waals surface area contributed by atoms with Crippen molar-refractivity contribution in [3.63, 3.8) is 0 Å². The molecule has 6 aromatic rings. The van der Waals surface area contributed by atoms with Gasteiger partial charge in [-0.3, -0.25) is 15.0 Å². The Labute approximate surface area is 398 Å². The quantitative estimate of drug-likeness (QED) is 0.113. The molecule has 358 valence electrons. The molecule has 0 unspecified atom stereocenters. The van der Waals surface area contributed by atoms with E-state index in [1.54, 1.807) is 20.8 Å². The average molecular weight is 968 g/mol. The molecular formula is C50H56F3N7O6SSi. The normalized spacial score (nSPS) is 19.8. The maximum Gasteiger partial charge on any atom is 0.412 e. The summed E-state index contributed by atoms with van der Waals surface area (Å²) in [6.45, 7) is 13.2. The third-order valence-corrected chi connectivity index (χ3v) is 19.5. The third kappa shape index (κ3) is 8.53. The number of pyridine rings is 1. The zero-order chi connectivity index (χ0) is 48.3. The van der Waals surface area contributed by atoms with Gasteiger partial charge in [-0.15, -0.1) is 11.3 Å².